The summed E-state index contributed by atoms with van der Waals surface area (Å²) in [6, 6.07) is 6.94. The first-order valence-corrected chi connectivity index (χ1v) is 8.00. The van der Waals surface area contributed by atoms with Crippen LogP contribution >= 0.6 is 11.6 Å². The van der Waals surface area contributed by atoms with Gasteiger partial charge in [-0.15, -0.1) is 0 Å². The van der Waals surface area contributed by atoms with Gasteiger partial charge in [0, 0.05) is 16.6 Å². The number of aromatic nitrogens is 2. The summed E-state index contributed by atoms with van der Waals surface area (Å²) >= 11 is 5.91. The molecule has 1 atom stereocenters. The topological polar surface area (TPSA) is 71.3 Å². The van der Waals surface area contributed by atoms with Crippen molar-refractivity contribution in [1.82, 2.24) is 15.0 Å². The van der Waals surface area contributed by atoms with E-state index in [-0.39, 0.29) is 18.5 Å². The molecule has 1 fully saturated rings. The molecule has 0 aliphatic heterocycles. The lowest BCUT2D eigenvalue weighted by atomic mass is 10.3. The van der Waals surface area contributed by atoms with Gasteiger partial charge in [-0.05, 0) is 45.0 Å². The molecular weight excluding hydrogens is 316 g/mol. The van der Waals surface area contributed by atoms with Crippen molar-refractivity contribution in [3.05, 3.63) is 41.0 Å². The average molecular weight is 335 g/mol. The average Bonchev–Trinajstić information content (AvgIpc) is 3.24. The van der Waals surface area contributed by atoms with Crippen molar-refractivity contribution in [3.63, 3.8) is 0 Å². The highest BCUT2D eigenvalue weighted by molar-refractivity contribution is 6.30. The Kier molecular flexibility index (Phi) is 4.63. The van der Waals surface area contributed by atoms with Gasteiger partial charge >= 0.3 is 0 Å². The number of hydrogen-bond acceptors (Lipinski definition) is 5. The third kappa shape index (κ3) is 4.09. The Hall–Kier alpha value is -1.92. The summed E-state index contributed by atoms with van der Waals surface area (Å²) in [6.45, 7) is 2.16. The van der Waals surface area contributed by atoms with Crippen LogP contribution in [0.15, 0.2) is 28.8 Å². The Bertz CT molecular complexity index is 699. The summed E-state index contributed by atoms with van der Waals surface area (Å²) < 4.78 is 5.31. The number of anilines is 1. The van der Waals surface area contributed by atoms with Gasteiger partial charge in [0.1, 0.15) is 0 Å². The number of carbonyl (C=O) groups excluding carboxylic acids is 1. The maximum Gasteiger partial charge on any atom is 0.243 e. The molecule has 122 valence electrons. The van der Waals surface area contributed by atoms with Crippen LogP contribution in [0.1, 0.15) is 43.4 Å². The van der Waals surface area contributed by atoms with Crippen LogP contribution in [0, 0.1) is 0 Å². The summed E-state index contributed by atoms with van der Waals surface area (Å²) in [5.41, 5.74) is 0.678. The first kappa shape index (κ1) is 16.0. The number of nitrogens with zero attached hydrogens (tertiary/aromatic N) is 3. The van der Waals surface area contributed by atoms with E-state index in [1.807, 2.05) is 18.9 Å². The molecule has 0 saturated heterocycles. The van der Waals surface area contributed by atoms with Crippen LogP contribution in [0.25, 0.3) is 0 Å². The maximum atomic E-state index is 12.1. The minimum atomic E-state index is -0.125. The monoisotopic (exact) mass is 334 g/mol. The fraction of sp³-hybridized carbons (Fsp3) is 0.438. The van der Waals surface area contributed by atoms with Gasteiger partial charge in [-0.1, -0.05) is 22.8 Å². The lowest BCUT2D eigenvalue weighted by molar-refractivity contribution is -0.117. The number of benzene rings is 1. The maximum absolute atomic E-state index is 12.1. The molecule has 2 aromatic rings. The first-order chi connectivity index (χ1) is 11.0. The summed E-state index contributed by atoms with van der Waals surface area (Å²) in [4.78, 5) is 18.4. The van der Waals surface area contributed by atoms with Gasteiger partial charge in [-0.3, -0.25) is 9.69 Å². The molecule has 1 aliphatic rings. The molecule has 6 nitrogen and oxygen atoms in total. The molecule has 1 unspecified atom stereocenters. The van der Waals surface area contributed by atoms with Crippen molar-refractivity contribution < 1.29 is 9.32 Å². The fourth-order valence-electron chi connectivity index (χ4n) is 2.24. The van der Waals surface area contributed by atoms with Crippen molar-refractivity contribution in [2.24, 2.45) is 0 Å². The summed E-state index contributed by atoms with van der Waals surface area (Å²) in [6.07, 6.45) is 2.26. The van der Waals surface area contributed by atoms with Crippen molar-refractivity contribution in [1.29, 1.82) is 0 Å². The molecule has 0 spiro atoms. The summed E-state index contributed by atoms with van der Waals surface area (Å²) in [5, 5.41) is 7.42. The summed E-state index contributed by atoms with van der Waals surface area (Å²) in [5.74, 6) is 1.66. The SMILES string of the molecule is CC(c1nc(C2CC2)no1)N(C)CC(=O)Nc1cccc(Cl)c1. The van der Waals surface area contributed by atoms with E-state index in [9.17, 15) is 4.79 Å². The Labute approximate surface area is 139 Å². The van der Waals surface area contributed by atoms with E-state index >= 15 is 0 Å². The minimum absolute atomic E-state index is 0.122. The molecule has 1 amide bonds. The molecule has 0 radical (unpaired) electrons. The highest BCUT2D eigenvalue weighted by Crippen LogP contribution is 2.38. The Morgan fingerprint density at radius 3 is 3.00 bits per heavy atom. The summed E-state index contributed by atoms with van der Waals surface area (Å²) in [7, 11) is 1.85. The Balaban J connectivity index is 1.56. The molecule has 0 bridgehead atoms. The first-order valence-electron chi connectivity index (χ1n) is 7.62. The van der Waals surface area contributed by atoms with Crippen LogP contribution in [0.4, 0.5) is 5.69 Å². The van der Waals surface area contributed by atoms with Crippen molar-refractivity contribution >= 4 is 23.2 Å². The van der Waals surface area contributed by atoms with E-state index in [2.05, 4.69) is 15.5 Å². The van der Waals surface area contributed by atoms with Gasteiger partial charge < -0.3 is 9.84 Å². The third-order valence-electron chi connectivity index (χ3n) is 3.92. The number of rotatable bonds is 6. The van der Waals surface area contributed by atoms with E-state index in [4.69, 9.17) is 16.1 Å². The number of nitrogens with one attached hydrogen (secondary N) is 1. The normalized spacial score (nSPS) is 15.7. The molecule has 1 heterocycles. The van der Waals surface area contributed by atoms with Crippen LogP contribution in [0.2, 0.25) is 5.02 Å². The van der Waals surface area contributed by atoms with Crippen LogP contribution in [0.3, 0.4) is 0 Å². The van der Waals surface area contributed by atoms with Gasteiger partial charge in [0.05, 0.1) is 12.6 Å². The predicted molar refractivity (Wildman–Crippen MR) is 87.4 cm³/mol. The van der Waals surface area contributed by atoms with Gasteiger partial charge in [-0.25, -0.2) is 0 Å². The van der Waals surface area contributed by atoms with E-state index < -0.39 is 0 Å². The largest absolute Gasteiger partial charge is 0.338 e. The van der Waals surface area contributed by atoms with E-state index in [0.717, 1.165) is 18.7 Å². The molecule has 1 aliphatic carbocycles. The highest BCUT2D eigenvalue weighted by atomic mass is 35.5. The molecule has 1 N–H and O–H groups in total. The van der Waals surface area contributed by atoms with Crippen molar-refractivity contribution in [2.45, 2.75) is 31.7 Å². The zero-order chi connectivity index (χ0) is 16.4. The number of carbonyl (C=O) groups is 1. The standard InChI is InChI=1S/C16H19ClN4O2/c1-10(16-19-15(20-23-16)11-6-7-11)21(2)9-14(22)18-13-5-3-4-12(17)8-13/h3-5,8,10-11H,6-7,9H2,1-2H3,(H,18,22). The Morgan fingerprint density at radius 1 is 1.52 bits per heavy atom. The molecular formula is C16H19ClN4O2. The van der Waals surface area contributed by atoms with Crippen LogP contribution < -0.4 is 5.32 Å². The lowest BCUT2D eigenvalue weighted by Gasteiger charge is -2.20. The number of hydrogen-bond donors (Lipinski definition) is 1. The molecule has 3 rings (SSSR count). The molecule has 1 aromatic carbocycles. The van der Waals surface area contributed by atoms with Crippen molar-refractivity contribution in [2.75, 3.05) is 18.9 Å². The highest BCUT2D eigenvalue weighted by Gasteiger charge is 2.30. The second-order valence-corrected chi connectivity index (χ2v) is 6.35. The second-order valence-electron chi connectivity index (χ2n) is 5.91. The molecule has 23 heavy (non-hydrogen) atoms. The fourth-order valence-corrected chi connectivity index (χ4v) is 2.43. The molecule has 1 saturated carbocycles. The Morgan fingerprint density at radius 2 is 2.30 bits per heavy atom. The van der Waals surface area contributed by atoms with Gasteiger partial charge in [0.15, 0.2) is 5.82 Å². The zero-order valence-electron chi connectivity index (χ0n) is 13.1. The van der Waals surface area contributed by atoms with Crippen LogP contribution in [-0.2, 0) is 4.79 Å². The smallest absolute Gasteiger partial charge is 0.243 e. The number of amides is 1. The molecule has 7 heteroatoms. The van der Waals surface area contributed by atoms with Gasteiger partial charge in [0.2, 0.25) is 11.8 Å². The quantitative estimate of drug-likeness (QED) is 0.878. The molecule has 1 aromatic heterocycles. The lowest BCUT2D eigenvalue weighted by Crippen LogP contribution is -2.32. The third-order valence-corrected chi connectivity index (χ3v) is 4.15. The van der Waals surface area contributed by atoms with E-state index in [1.165, 1.54) is 0 Å². The zero-order valence-corrected chi connectivity index (χ0v) is 13.9. The van der Waals surface area contributed by atoms with Gasteiger partial charge in [0.25, 0.3) is 0 Å². The predicted octanol–water partition coefficient (Wildman–Crippen LogP) is 3.23. The van der Waals surface area contributed by atoms with Crippen molar-refractivity contribution in [3.8, 4) is 0 Å². The number of halogens is 1. The van der Waals surface area contributed by atoms with E-state index in [0.29, 0.717) is 22.5 Å². The van der Waals surface area contributed by atoms with Crippen LogP contribution in [-0.4, -0.2) is 34.5 Å². The van der Waals surface area contributed by atoms with E-state index in [1.54, 1.807) is 24.3 Å². The number of likely N-dealkylation sites (N-methyl/N-ethyl adjacent to an activating group) is 1. The minimum Gasteiger partial charge on any atom is -0.338 e. The van der Waals surface area contributed by atoms with Crippen LogP contribution in [0.5, 0.6) is 0 Å². The van der Waals surface area contributed by atoms with Gasteiger partial charge in [-0.2, -0.15) is 4.98 Å². The second kappa shape index (κ2) is 6.68.